The Balaban J connectivity index is 1.39. The zero-order valence-electron chi connectivity index (χ0n) is 15.5. The van der Waals surface area contributed by atoms with E-state index in [4.69, 9.17) is 0 Å². The summed E-state index contributed by atoms with van der Waals surface area (Å²) in [5, 5.41) is 10.7. The number of rotatable bonds is 4. The molecule has 2 N–H and O–H groups in total. The van der Waals surface area contributed by atoms with Crippen molar-refractivity contribution in [3.63, 3.8) is 0 Å². The summed E-state index contributed by atoms with van der Waals surface area (Å²) in [7, 11) is 0. The predicted molar refractivity (Wildman–Crippen MR) is 102 cm³/mol. The van der Waals surface area contributed by atoms with Crippen LogP contribution in [0.3, 0.4) is 0 Å². The number of likely N-dealkylation sites (tertiary alicyclic amines) is 1. The van der Waals surface area contributed by atoms with Crippen molar-refractivity contribution in [1.29, 1.82) is 0 Å². The Bertz CT molecular complexity index is 755. The first-order valence-electron chi connectivity index (χ1n) is 9.85. The number of aryl methyl sites for hydroxylation is 1. The monoisotopic (exact) mass is 352 g/mol. The number of H-pyrrole nitrogens is 1. The number of amides is 1. The lowest BCUT2D eigenvalue weighted by Crippen LogP contribution is -2.37. The van der Waals surface area contributed by atoms with Gasteiger partial charge in [-0.25, -0.2) is 0 Å². The highest BCUT2D eigenvalue weighted by molar-refractivity contribution is 5.94. The van der Waals surface area contributed by atoms with Crippen molar-refractivity contribution in [2.75, 3.05) is 6.54 Å². The Morgan fingerprint density at radius 1 is 1.23 bits per heavy atom. The number of carbonyl (C=O) groups excluding carboxylic acids is 1. The van der Waals surface area contributed by atoms with E-state index >= 15 is 0 Å². The minimum atomic E-state index is -0.0110. The van der Waals surface area contributed by atoms with E-state index in [-0.39, 0.29) is 11.9 Å². The molecule has 5 heteroatoms. The van der Waals surface area contributed by atoms with Crippen LogP contribution in [0.2, 0.25) is 0 Å². The Kier molecular flexibility index (Phi) is 5.07. The molecule has 2 atom stereocenters. The van der Waals surface area contributed by atoms with Gasteiger partial charge in [0.15, 0.2) is 5.69 Å². The summed E-state index contributed by atoms with van der Waals surface area (Å²) in [5.41, 5.74) is 4.25. The van der Waals surface area contributed by atoms with Gasteiger partial charge in [-0.15, -0.1) is 0 Å². The zero-order valence-corrected chi connectivity index (χ0v) is 15.5. The molecule has 2 aromatic rings. The molecule has 0 saturated carbocycles. The van der Waals surface area contributed by atoms with Gasteiger partial charge in [0.1, 0.15) is 0 Å². The number of aromatic amines is 1. The standard InChI is InChI=1S/C21H28N4O/c1-15-12-17(14-25(15)13-16-8-4-2-5-9-16)22-21(26)20-18-10-6-3-7-11-19(18)23-24-20/h2,4-5,8-9,15,17H,3,6-7,10-14H2,1H3,(H,22,26)(H,23,24). The number of carbonyl (C=O) groups is 1. The average Bonchev–Trinajstić information content (AvgIpc) is 3.11. The van der Waals surface area contributed by atoms with Crippen molar-refractivity contribution in [3.05, 3.63) is 52.8 Å². The molecule has 4 rings (SSSR count). The van der Waals surface area contributed by atoms with Crippen LogP contribution in [0.5, 0.6) is 0 Å². The van der Waals surface area contributed by atoms with Crippen LogP contribution in [0.4, 0.5) is 0 Å². The van der Waals surface area contributed by atoms with Crippen LogP contribution in [0, 0.1) is 0 Å². The van der Waals surface area contributed by atoms with Gasteiger partial charge < -0.3 is 5.32 Å². The van der Waals surface area contributed by atoms with Gasteiger partial charge in [0.2, 0.25) is 0 Å². The van der Waals surface area contributed by atoms with E-state index < -0.39 is 0 Å². The summed E-state index contributed by atoms with van der Waals surface area (Å²) in [6, 6.07) is 11.2. The molecule has 5 nitrogen and oxygen atoms in total. The van der Waals surface area contributed by atoms with Crippen molar-refractivity contribution >= 4 is 5.91 Å². The molecule has 1 aliphatic carbocycles. The number of hydrogen-bond acceptors (Lipinski definition) is 3. The van der Waals surface area contributed by atoms with Crippen LogP contribution in [0.25, 0.3) is 0 Å². The number of hydrogen-bond donors (Lipinski definition) is 2. The van der Waals surface area contributed by atoms with Crippen LogP contribution < -0.4 is 5.32 Å². The molecule has 2 aliphatic rings. The van der Waals surface area contributed by atoms with Crippen LogP contribution >= 0.6 is 0 Å². The number of aromatic nitrogens is 2. The molecule has 26 heavy (non-hydrogen) atoms. The van der Waals surface area contributed by atoms with Gasteiger partial charge in [0, 0.05) is 36.4 Å². The van der Waals surface area contributed by atoms with E-state index in [1.165, 1.54) is 18.4 Å². The summed E-state index contributed by atoms with van der Waals surface area (Å²) in [4.78, 5) is 15.3. The zero-order chi connectivity index (χ0) is 17.9. The molecule has 1 amide bonds. The lowest BCUT2D eigenvalue weighted by molar-refractivity contribution is 0.0931. The van der Waals surface area contributed by atoms with E-state index in [9.17, 15) is 4.79 Å². The minimum absolute atomic E-state index is 0.0110. The second-order valence-electron chi connectivity index (χ2n) is 7.76. The van der Waals surface area contributed by atoms with Crippen molar-refractivity contribution in [3.8, 4) is 0 Å². The highest BCUT2D eigenvalue weighted by atomic mass is 16.2. The highest BCUT2D eigenvalue weighted by Gasteiger charge is 2.31. The van der Waals surface area contributed by atoms with Gasteiger partial charge in [-0.1, -0.05) is 36.8 Å². The number of benzene rings is 1. The first-order valence-corrected chi connectivity index (χ1v) is 9.85. The molecule has 1 fully saturated rings. The molecule has 1 aliphatic heterocycles. The molecule has 0 bridgehead atoms. The Hall–Kier alpha value is -2.14. The third-order valence-electron chi connectivity index (χ3n) is 5.79. The van der Waals surface area contributed by atoms with Crippen molar-refractivity contribution in [1.82, 2.24) is 20.4 Å². The van der Waals surface area contributed by atoms with Crippen molar-refractivity contribution in [2.24, 2.45) is 0 Å². The topological polar surface area (TPSA) is 61.0 Å². The summed E-state index contributed by atoms with van der Waals surface area (Å²) in [5.74, 6) is -0.0110. The molecular weight excluding hydrogens is 324 g/mol. The molecule has 1 aromatic carbocycles. The lowest BCUT2D eigenvalue weighted by atomic mass is 10.1. The van der Waals surface area contributed by atoms with Gasteiger partial charge >= 0.3 is 0 Å². The smallest absolute Gasteiger partial charge is 0.272 e. The predicted octanol–water partition coefficient (Wildman–Crippen LogP) is 3.07. The van der Waals surface area contributed by atoms with Gasteiger partial charge in [0.05, 0.1) is 0 Å². The summed E-state index contributed by atoms with van der Waals surface area (Å²) < 4.78 is 0. The van der Waals surface area contributed by atoms with E-state index in [0.717, 1.165) is 50.0 Å². The van der Waals surface area contributed by atoms with Gasteiger partial charge in [-0.2, -0.15) is 5.10 Å². The molecular formula is C21H28N4O. The maximum absolute atomic E-state index is 12.8. The van der Waals surface area contributed by atoms with Crippen LogP contribution in [-0.2, 0) is 19.4 Å². The summed E-state index contributed by atoms with van der Waals surface area (Å²) in [6.45, 7) is 4.08. The fourth-order valence-corrected chi connectivity index (χ4v) is 4.34. The fourth-order valence-electron chi connectivity index (χ4n) is 4.34. The minimum Gasteiger partial charge on any atom is -0.347 e. The number of nitrogens with zero attached hydrogens (tertiary/aromatic N) is 2. The lowest BCUT2D eigenvalue weighted by Gasteiger charge is -2.20. The number of nitrogens with one attached hydrogen (secondary N) is 2. The number of fused-ring (bicyclic) bond motifs is 1. The van der Waals surface area contributed by atoms with Crippen LogP contribution in [0.15, 0.2) is 30.3 Å². The summed E-state index contributed by atoms with van der Waals surface area (Å²) in [6.07, 6.45) is 6.54. The molecule has 2 unspecified atom stereocenters. The molecule has 2 heterocycles. The molecule has 1 aromatic heterocycles. The fraction of sp³-hybridized carbons (Fsp3) is 0.524. The van der Waals surface area contributed by atoms with Crippen LogP contribution in [-0.4, -0.2) is 39.6 Å². The van der Waals surface area contributed by atoms with E-state index in [0.29, 0.717) is 11.7 Å². The SMILES string of the molecule is CC1CC(NC(=O)c2n[nH]c3c2CCCCC3)CN1Cc1ccccc1. The normalized spacial score (nSPS) is 23.4. The highest BCUT2D eigenvalue weighted by Crippen LogP contribution is 2.23. The largest absolute Gasteiger partial charge is 0.347 e. The first kappa shape index (κ1) is 17.3. The maximum atomic E-state index is 12.8. The third-order valence-corrected chi connectivity index (χ3v) is 5.79. The van der Waals surface area contributed by atoms with E-state index in [2.05, 4.69) is 51.6 Å². The van der Waals surface area contributed by atoms with Crippen LogP contribution in [0.1, 0.15) is 59.9 Å². The molecule has 0 radical (unpaired) electrons. The first-order chi connectivity index (χ1) is 12.7. The van der Waals surface area contributed by atoms with Gasteiger partial charge in [-0.3, -0.25) is 14.8 Å². The average molecular weight is 352 g/mol. The van der Waals surface area contributed by atoms with E-state index in [1.807, 2.05) is 6.07 Å². The Morgan fingerprint density at radius 3 is 2.88 bits per heavy atom. The quantitative estimate of drug-likeness (QED) is 0.832. The molecule has 0 spiro atoms. The Morgan fingerprint density at radius 2 is 2.04 bits per heavy atom. The second kappa shape index (κ2) is 7.62. The molecule has 1 saturated heterocycles. The van der Waals surface area contributed by atoms with E-state index in [1.54, 1.807) is 0 Å². The molecule has 138 valence electrons. The summed E-state index contributed by atoms with van der Waals surface area (Å²) >= 11 is 0. The third kappa shape index (κ3) is 3.68. The van der Waals surface area contributed by atoms with Crippen molar-refractivity contribution in [2.45, 2.75) is 64.1 Å². The van der Waals surface area contributed by atoms with Gasteiger partial charge in [0.25, 0.3) is 5.91 Å². The Labute approximate surface area is 155 Å². The maximum Gasteiger partial charge on any atom is 0.272 e. The van der Waals surface area contributed by atoms with Gasteiger partial charge in [-0.05, 0) is 44.6 Å². The second-order valence-corrected chi connectivity index (χ2v) is 7.76. The van der Waals surface area contributed by atoms with Crippen molar-refractivity contribution < 1.29 is 4.79 Å².